The molecule has 1 N–H and O–H groups in total. The average molecular weight is 380 g/mol. The Morgan fingerprint density at radius 2 is 2.18 bits per heavy atom. The molecule has 0 aromatic carbocycles. The lowest BCUT2D eigenvalue weighted by molar-refractivity contribution is 0.0966. The highest BCUT2D eigenvalue weighted by atomic mass is 19.1. The van der Waals surface area contributed by atoms with Crippen LogP contribution >= 0.6 is 0 Å². The Bertz CT molecular complexity index is 1100. The molecule has 0 atom stereocenters. The smallest absolute Gasteiger partial charge is 0.260 e. The van der Waals surface area contributed by atoms with Gasteiger partial charge in [-0.05, 0) is 32.7 Å². The van der Waals surface area contributed by atoms with Crippen molar-refractivity contribution in [3.63, 3.8) is 0 Å². The Morgan fingerprint density at radius 1 is 1.36 bits per heavy atom. The van der Waals surface area contributed by atoms with Crippen LogP contribution in [-0.2, 0) is 0 Å². The number of pyridine rings is 2. The van der Waals surface area contributed by atoms with Crippen LogP contribution in [0, 0.1) is 12.7 Å². The molecular formula is C19H17FN6O2. The number of aromatic nitrogens is 4. The molecule has 0 saturated carbocycles. The van der Waals surface area contributed by atoms with Crippen LogP contribution in [0.1, 0.15) is 23.1 Å². The van der Waals surface area contributed by atoms with Crippen molar-refractivity contribution < 1.29 is 13.9 Å². The van der Waals surface area contributed by atoms with E-state index in [9.17, 15) is 9.18 Å². The highest BCUT2D eigenvalue weighted by molar-refractivity contribution is 6.01. The molecule has 0 saturated heterocycles. The van der Waals surface area contributed by atoms with Crippen molar-refractivity contribution in [2.75, 3.05) is 0 Å². The molecule has 0 aliphatic heterocycles. The molecule has 0 spiro atoms. The molecule has 0 aliphatic rings. The maximum Gasteiger partial charge on any atom is 0.260 e. The maximum absolute atomic E-state index is 13.4. The van der Waals surface area contributed by atoms with Crippen molar-refractivity contribution in [1.82, 2.24) is 24.9 Å². The Kier molecular flexibility index (Phi) is 5.54. The summed E-state index contributed by atoms with van der Waals surface area (Å²) in [6, 6.07) is 2.67. The molecule has 9 heteroatoms. The standard InChI is InChI=1S/C19H17FN6O2/c1-4-5-6-17(21-3)24-19(27)16-8-15(11-26-18(16)23-12(2)25-26)28-14-7-13(20)9-22-10-14/h4-11H,3H2,1-2H3,(H,24,27)/b5-4-,17-6+. The zero-order valence-electron chi connectivity index (χ0n) is 15.3. The molecule has 3 rings (SSSR count). The first-order valence-corrected chi connectivity index (χ1v) is 8.26. The first-order chi connectivity index (χ1) is 13.5. The van der Waals surface area contributed by atoms with E-state index < -0.39 is 11.7 Å². The number of aliphatic imine (C=N–C) groups is 1. The van der Waals surface area contributed by atoms with Gasteiger partial charge < -0.3 is 10.1 Å². The van der Waals surface area contributed by atoms with Gasteiger partial charge in [0.05, 0.1) is 24.2 Å². The molecule has 0 bridgehead atoms. The first kappa shape index (κ1) is 18.9. The Hall–Kier alpha value is -3.88. The highest BCUT2D eigenvalue weighted by Gasteiger charge is 2.17. The quantitative estimate of drug-likeness (QED) is 0.523. The number of nitrogens with one attached hydrogen (secondary N) is 1. The first-order valence-electron chi connectivity index (χ1n) is 8.26. The number of aryl methyl sites for hydroxylation is 1. The van der Waals surface area contributed by atoms with E-state index in [2.05, 4.69) is 32.1 Å². The van der Waals surface area contributed by atoms with Crippen LogP contribution in [0.2, 0.25) is 0 Å². The Labute approximate surface area is 160 Å². The number of carbonyl (C=O) groups is 1. The van der Waals surface area contributed by atoms with Crippen LogP contribution in [0.5, 0.6) is 11.5 Å². The minimum atomic E-state index is -0.538. The zero-order chi connectivity index (χ0) is 20.1. The number of ether oxygens (including phenoxy) is 1. The summed E-state index contributed by atoms with van der Waals surface area (Å²) in [6.07, 6.45) is 9.08. The van der Waals surface area contributed by atoms with E-state index in [0.29, 0.717) is 11.5 Å². The molecule has 3 heterocycles. The monoisotopic (exact) mass is 380 g/mol. The summed E-state index contributed by atoms with van der Waals surface area (Å²) >= 11 is 0. The van der Waals surface area contributed by atoms with Crippen molar-refractivity contribution >= 4 is 18.3 Å². The van der Waals surface area contributed by atoms with Crippen molar-refractivity contribution in [3.05, 3.63) is 72.0 Å². The van der Waals surface area contributed by atoms with Crippen LogP contribution in [0.15, 0.2) is 59.8 Å². The molecule has 0 unspecified atom stereocenters. The number of fused-ring (bicyclic) bond motifs is 1. The minimum Gasteiger partial charge on any atom is -0.454 e. The number of nitrogens with zero attached hydrogens (tertiary/aromatic N) is 5. The maximum atomic E-state index is 13.4. The molecule has 142 valence electrons. The van der Waals surface area contributed by atoms with E-state index >= 15 is 0 Å². The summed E-state index contributed by atoms with van der Waals surface area (Å²) in [6.45, 7) is 6.98. The number of allylic oxidation sites excluding steroid dienone is 3. The summed E-state index contributed by atoms with van der Waals surface area (Å²) < 4.78 is 20.4. The average Bonchev–Trinajstić information content (AvgIpc) is 3.04. The summed E-state index contributed by atoms with van der Waals surface area (Å²) in [5, 5.41) is 6.87. The van der Waals surface area contributed by atoms with Crippen LogP contribution < -0.4 is 10.1 Å². The minimum absolute atomic E-state index is 0.184. The van der Waals surface area contributed by atoms with E-state index in [-0.39, 0.29) is 22.9 Å². The van der Waals surface area contributed by atoms with E-state index in [0.717, 1.165) is 6.20 Å². The number of hydrogen-bond acceptors (Lipinski definition) is 6. The molecule has 1 amide bonds. The fourth-order valence-electron chi connectivity index (χ4n) is 2.38. The lowest BCUT2D eigenvalue weighted by Crippen LogP contribution is -2.22. The number of halogens is 1. The van der Waals surface area contributed by atoms with Gasteiger partial charge in [0, 0.05) is 6.07 Å². The van der Waals surface area contributed by atoms with Crippen molar-refractivity contribution in [1.29, 1.82) is 0 Å². The number of hydrogen-bond donors (Lipinski definition) is 1. The van der Waals surface area contributed by atoms with Gasteiger partial charge in [-0.1, -0.05) is 12.2 Å². The molecule has 0 fully saturated rings. The van der Waals surface area contributed by atoms with Gasteiger partial charge >= 0.3 is 0 Å². The van der Waals surface area contributed by atoms with Crippen molar-refractivity contribution in [3.8, 4) is 11.5 Å². The van der Waals surface area contributed by atoms with E-state index in [1.807, 2.05) is 6.92 Å². The van der Waals surface area contributed by atoms with Gasteiger partial charge in [0.15, 0.2) is 5.65 Å². The van der Waals surface area contributed by atoms with Gasteiger partial charge in [-0.25, -0.2) is 18.9 Å². The molecule has 0 radical (unpaired) electrons. The van der Waals surface area contributed by atoms with E-state index in [4.69, 9.17) is 4.74 Å². The fourth-order valence-corrected chi connectivity index (χ4v) is 2.38. The molecule has 8 nitrogen and oxygen atoms in total. The highest BCUT2D eigenvalue weighted by Crippen LogP contribution is 2.24. The summed E-state index contributed by atoms with van der Waals surface area (Å²) in [5.74, 6) is 0.195. The van der Waals surface area contributed by atoms with Gasteiger partial charge in [-0.2, -0.15) is 5.10 Å². The van der Waals surface area contributed by atoms with Gasteiger partial charge in [-0.3, -0.25) is 9.78 Å². The van der Waals surface area contributed by atoms with Crippen LogP contribution in [0.25, 0.3) is 5.65 Å². The predicted molar refractivity (Wildman–Crippen MR) is 102 cm³/mol. The summed E-state index contributed by atoms with van der Waals surface area (Å²) in [5.41, 5.74) is 0.548. The van der Waals surface area contributed by atoms with Gasteiger partial charge in [0.1, 0.15) is 29.0 Å². The lowest BCUT2D eigenvalue weighted by atomic mass is 10.2. The van der Waals surface area contributed by atoms with Crippen LogP contribution in [0.3, 0.4) is 0 Å². The molecule has 0 aliphatic carbocycles. The second-order valence-corrected chi connectivity index (χ2v) is 5.65. The summed E-state index contributed by atoms with van der Waals surface area (Å²) in [4.78, 5) is 24.6. The largest absolute Gasteiger partial charge is 0.454 e. The van der Waals surface area contributed by atoms with Crippen molar-refractivity contribution in [2.45, 2.75) is 13.8 Å². The molecule has 3 aromatic heterocycles. The number of amides is 1. The SMILES string of the molecule is C=N/C(=C\C=C/C)NC(=O)c1cc(Oc2cncc(F)c2)cn2nc(C)nc12. The van der Waals surface area contributed by atoms with Crippen molar-refractivity contribution in [2.24, 2.45) is 4.99 Å². The number of carbonyl (C=O) groups excluding carboxylic acids is 1. The van der Waals surface area contributed by atoms with Crippen LogP contribution in [-0.4, -0.2) is 32.2 Å². The summed E-state index contributed by atoms with van der Waals surface area (Å²) in [7, 11) is 0. The normalized spacial score (nSPS) is 11.8. The molecule has 28 heavy (non-hydrogen) atoms. The fraction of sp³-hybridized carbons (Fsp3) is 0.105. The molecular weight excluding hydrogens is 363 g/mol. The Morgan fingerprint density at radius 3 is 2.89 bits per heavy atom. The number of rotatable bonds is 6. The third-order valence-corrected chi connectivity index (χ3v) is 3.53. The van der Waals surface area contributed by atoms with Gasteiger partial charge in [0.2, 0.25) is 0 Å². The second-order valence-electron chi connectivity index (χ2n) is 5.65. The van der Waals surface area contributed by atoms with E-state index in [1.165, 1.54) is 22.8 Å². The lowest BCUT2D eigenvalue weighted by Gasteiger charge is -2.09. The zero-order valence-corrected chi connectivity index (χ0v) is 15.3. The molecule has 3 aromatic rings. The topological polar surface area (TPSA) is 93.8 Å². The Balaban J connectivity index is 2.00. The van der Waals surface area contributed by atoms with Gasteiger partial charge in [-0.15, -0.1) is 0 Å². The van der Waals surface area contributed by atoms with Crippen LogP contribution in [0.4, 0.5) is 4.39 Å². The second kappa shape index (κ2) is 8.21. The van der Waals surface area contributed by atoms with E-state index in [1.54, 1.807) is 31.3 Å². The third-order valence-electron chi connectivity index (χ3n) is 3.53. The predicted octanol–water partition coefficient (Wildman–Crippen LogP) is 3.21. The van der Waals surface area contributed by atoms with Gasteiger partial charge in [0.25, 0.3) is 5.91 Å². The third kappa shape index (κ3) is 4.26.